The predicted molar refractivity (Wildman–Crippen MR) is 81.3 cm³/mol. The molecule has 20 heavy (non-hydrogen) atoms. The van der Waals surface area contributed by atoms with E-state index in [4.69, 9.17) is 0 Å². The predicted octanol–water partition coefficient (Wildman–Crippen LogP) is 2.10. The van der Waals surface area contributed by atoms with E-state index in [0.29, 0.717) is 19.0 Å². The fraction of sp³-hybridized carbons (Fsp3) is 0.375. The van der Waals surface area contributed by atoms with E-state index in [-0.39, 0.29) is 5.91 Å². The number of nitrogens with zero attached hydrogens (tertiary/aromatic N) is 1. The third-order valence-corrected chi connectivity index (χ3v) is 3.05. The Labute approximate surface area is 119 Å². The number of nitrogens with one attached hydrogen (secondary N) is 2. The van der Waals surface area contributed by atoms with E-state index in [1.807, 2.05) is 24.3 Å². The zero-order valence-corrected chi connectivity index (χ0v) is 12.0. The Hall–Kier alpha value is -1.94. The molecule has 4 heteroatoms. The third-order valence-electron chi connectivity index (χ3n) is 3.05. The van der Waals surface area contributed by atoms with Crippen molar-refractivity contribution in [2.75, 3.05) is 13.1 Å². The smallest absolute Gasteiger partial charge is 0.233 e. The van der Waals surface area contributed by atoms with E-state index in [0.717, 1.165) is 23.0 Å². The monoisotopic (exact) mass is 271 g/mol. The van der Waals surface area contributed by atoms with Gasteiger partial charge in [0.15, 0.2) is 0 Å². The number of aromatic nitrogens is 1. The number of hydrogen-bond acceptors (Lipinski definition) is 3. The van der Waals surface area contributed by atoms with Gasteiger partial charge in [0.25, 0.3) is 0 Å². The first-order valence-corrected chi connectivity index (χ1v) is 6.97. The van der Waals surface area contributed by atoms with Gasteiger partial charge in [0.2, 0.25) is 5.91 Å². The van der Waals surface area contributed by atoms with Crippen molar-refractivity contribution in [3.63, 3.8) is 0 Å². The zero-order chi connectivity index (χ0) is 14.4. The van der Waals surface area contributed by atoms with Crippen LogP contribution in [0.2, 0.25) is 0 Å². The largest absolute Gasteiger partial charge is 0.355 e. The van der Waals surface area contributed by atoms with Gasteiger partial charge in [-0.05, 0) is 23.6 Å². The van der Waals surface area contributed by atoms with Crippen LogP contribution in [-0.4, -0.2) is 24.0 Å². The molecule has 0 saturated carbocycles. The number of pyridine rings is 1. The number of carbonyl (C=O) groups excluding carboxylic acids is 1. The fourth-order valence-corrected chi connectivity index (χ4v) is 2.00. The molecule has 0 bridgehead atoms. The van der Waals surface area contributed by atoms with E-state index < -0.39 is 0 Å². The Bertz CT molecular complexity index is 575. The van der Waals surface area contributed by atoms with Crippen molar-refractivity contribution in [1.82, 2.24) is 15.6 Å². The highest BCUT2D eigenvalue weighted by molar-refractivity contribution is 5.82. The molecule has 0 atom stereocenters. The van der Waals surface area contributed by atoms with Crippen molar-refractivity contribution in [1.29, 1.82) is 0 Å². The molecule has 0 radical (unpaired) electrons. The highest BCUT2D eigenvalue weighted by atomic mass is 16.1. The summed E-state index contributed by atoms with van der Waals surface area (Å²) in [5.41, 5.74) is 2.14. The van der Waals surface area contributed by atoms with Gasteiger partial charge in [-0.3, -0.25) is 9.78 Å². The molecule has 0 spiro atoms. The molecule has 0 fully saturated rings. The summed E-state index contributed by atoms with van der Waals surface area (Å²) < 4.78 is 0. The van der Waals surface area contributed by atoms with Crippen molar-refractivity contribution in [2.45, 2.75) is 20.4 Å². The molecule has 0 aliphatic rings. The number of hydrogen-bond donors (Lipinski definition) is 2. The number of rotatable bonds is 6. The van der Waals surface area contributed by atoms with Gasteiger partial charge in [0.1, 0.15) is 0 Å². The van der Waals surface area contributed by atoms with Crippen molar-refractivity contribution in [2.24, 2.45) is 5.92 Å². The Morgan fingerprint density at radius 3 is 2.85 bits per heavy atom. The SMILES string of the molecule is CC(C)CNC(=O)CNCc1ccnc2ccccc12. The molecule has 1 aromatic heterocycles. The zero-order valence-electron chi connectivity index (χ0n) is 12.0. The first-order chi connectivity index (χ1) is 9.66. The number of carbonyl (C=O) groups is 1. The molecule has 106 valence electrons. The molecule has 2 aromatic rings. The van der Waals surface area contributed by atoms with Gasteiger partial charge in [-0.25, -0.2) is 0 Å². The van der Waals surface area contributed by atoms with E-state index in [9.17, 15) is 4.79 Å². The summed E-state index contributed by atoms with van der Waals surface area (Å²) in [7, 11) is 0. The lowest BCUT2D eigenvalue weighted by Gasteiger charge is -2.09. The van der Waals surface area contributed by atoms with E-state index in [1.165, 1.54) is 0 Å². The first-order valence-electron chi connectivity index (χ1n) is 6.97. The molecule has 0 unspecified atom stereocenters. The summed E-state index contributed by atoms with van der Waals surface area (Å²) >= 11 is 0. The van der Waals surface area contributed by atoms with Crippen LogP contribution < -0.4 is 10.6 Å². The second-order valence-corrected chi connectivity index (χ2v) is 5.29. The molecule has 0 aliphatic carbocycles. The van der Waals surface area contributed by atoms with Crippen LogP contribution in [0.15, 0.2) is 36.5 Å². The van der Waals surface area contributed by atoms with Gasteiger partial charge in [-0.1, -0.05) is 32.0 Å². The lowest BCUT2D eigenvalue weighted by Crippen LogP contribution is -2.35. The average Bonchev–Trinajstić information content (AvgIpc) is 2.45. The summed E-state index contributed by atoms with van der Waals surface area (Å²) in [6.45, 7) is 5.88. The van der Waals surface area contributed by atoms with Gasteiger partial charge in [0, 0.05) is 24.7 Å². The maximum Gasteiger partial charge on any atom is 0.233 e. The maximum atomic E-state index is 11.6. The normalized spacial score (nSPS) is 10.9. The summed E-state index contributed by atoms with van der Waals surface area (Å²) in [4.78, 5) is 15.9. The maximum absolute atomic E-state index is 11.6. The van der Waals surface area contributed by atoms with Crippen molar-refractivity contribution in [3.05, 3.63) is 42.1 Å². The molecule has 2 rings (SSSR count). The topological polar surface area (TPSA) is 54.0 Å². The number of fused-ring (bicyclic) bond motifs is 1. The van der Waals surface area contributed by atoms with Crippen LogP contribution in [-0.2, 0) is 11.3 Å². The quantitative estimate of drug-likeness (QED) is 0.846. The van der Waals surface area contributed by atoms with Crippen LogP contribution in [0, 0.1) is 5.92 Å². The number of benzene rings is 1. The molecule has 4 nitrogen and oxygen atoms in total. The van der Waals surface area contributed by atoms with Crippen LogP contribution in [0.5, 0.6) is 0 Å². The summed E-state index contributed by atoms with van der Waals surface area (Å²) in [5, 5.41) is 7.20. The summed E-state index contributed by atoms with van der Waals surface area (Å²) in [6.07, 6.45) is 1.80. The van der Waals surface area contributed by atoms with Crippen LogP contribution in [0.1, 0.15) is 19.4 Å². The third kappa shape index (κ3) is 4.03. The van der Waals surface area contributed by atoms with E-state index in [1.54, 1.807) is 6.20 Å². The highest BCUT2D eigenvalue weighted by Crippen LogP contribution is 2.15. The minimum absolute atomic E-state index is 0.0389. The second-order valence-electron chi connectivity index (χ2n) is 5.29. The Kier molecular flexibility index (Phi) is 5.07. The highest BCUT2D eigenvalue weighted by Gasteiger charge is 2.04. The van der Waals surface area contributed by atoms with Gasteiger partial charge < -0.3 is 10.6 Å². The Balaban J connectivity index is 1.88. The Morgan fingerprint density at radius 2 is 2.05 bits per heavy atom. The Morgan fingerprint density at radius 1 is 1.25 bits per heavy atom. The number of para-hydroxylation sites is 1. The molecular formula is C16H21N3O. The molecule has 1 amide bonds. The van der Waals surface area contributed by atoms with Crippen LogP contribution in [0.3, 0.4) is 0 Å². The van der Waals surface area contributed by atoms with Gasteiger partial charge in [0.05, 0.1) is 12.1 Å². The fourth-order valence-electron chi connectivity index (χ4n) is 2.00. The van der Waals surface area contributed by atoms with E-state index in [2.05, 4.69) is 35.5 Å². The number of amides is 1. The van der Waals surface area contributed by atoms with Crippen LogP contribution in [0.4, 0.5) is 0 Å². The molecule has 2 N–H and O–H groups in total. The standard InChI is InChI=1S/C16H21N3O/c1-12(2)9-19-16(20)11-17-10-13-7-8-18-15-6-4-3-5-14(13)15/h3-8,12,17H,9-11H2,1-2H3,(H,19,20). The van der Waals surface area contributed by atoms with E-state index >= 15 is 0 Å². The molecule has 0 aliphatic heterocycles. The van der Waals surface area contributed by atoms with Crippen molar-refractivity contribution < 1.29 is 4.79 Å². The van der Waals surface area contributed by atoms with Crippen molar-refractivity contribution >= 4 is 16.8 Å². The summed E-state index contributed by atoms with van der Waals surface area (Å²) in [5.74, 6) is 0.514. The van der Waals surface area contributed by atoms with Gasteiger partial charge >= 0.3 is 0 Å². The first kappa shape index (κ1) is 14.5. The minimum Gasteiger partial charge on any atom is -0.355 e. The van der Waals surface area contributed by atoms with Gasteiger partial charge in [-0.2, -0.15) is 0 Å². The average molecular weight is 271 g/mol. The van der Waals surface area contributed by atoms with Crippen molar-refractivity contribution in [3.8, 4) is 0 Å². The molecule has 0 saturated heterocycles. The molecular weight excluding hydrogens is 250 g/mol. The van der Waals surface area contributed by atoms with Gasteiger partial charge in [-0.15, -0.1) is 0 Å². The lowest BCUT2D eigenvalue weighted by atomic mass is 10.1. The molecule has 1 heterocycles. The lowest BCUT2D eigenvalue weighted by molar-refractivity contribution is -0.120. The van der Waals surface area contributed by atoms with Crippen LogP contribution in [0.25, 0.3) is 10.9 Å². The second kappa shape index (κ2) is 7.01. The summed E-state index contributed by atoms with van der Waals surface area (Å²) in [6, 6.07) is 10.0. The van der Waals surface area contributed by atoms with Crippen LogP contribution >= 0.6 is 0 Å². The molecule has 1 aromatic carbocycles. The minimum atomic E-state index is 0.0389.